The minimum Gasteiger partial charge on any atom is -0.478 e. The molecule has 0 atom stereocenters. The molecule has 5 nitrogen and oxygen atoms in total. The summed E-state index contributed by atoms with van der Waals surface area (Å²) in [5.74, 6) is -1.11. The molecule has 0 fully saturated rings. The smallest absolute Gasteiger partial charge is 0.335 e. The van der Waals surface area contributed by atoms with Gasteiger partial charge < -0.3 is 9.67 Å². The molecule has 1 aliphatic heterocycles. The number of pyridine rings is 2. The molecular weight excluding hydrogens is 268 g/mol. The number of carboxylic acids is 1. The fourth-order valence-corrected chi connectivity index (χ4v) is 2.75. The van der Waals surface area contributed by atoms with Crippen LogP contribution < -0.4 is 5.56 Å². The van der Waals surface area contributed by atoms with Crippen LogP contribution in [0.15, 0.2) is 47.3 Å². The lowest BCUT2D eigenvalue weighted by Crippen LogP contribution is -2.19. The number of rotatable bonds is 1. The predicted octanol–water partition coefficient (Wildman–Crippen LogP) is 2.12. The van der Waals surface area contributed by atoms with Gasteiger partial charge in [0.1, 0.15) is 0 Å². The van der Waals surface area contributed by atoms with Crippen LogP contribution in [0.4, 0.5) is 0 Å². The molecule has 0 bridgehead atoms. The van der Waals surface area contributed by atoms with Crippen molar-refractivity contribution in [1.29, 1.82) is 0 Å². The van der Waals surface area contributed by atoms with Crippen LogP contribution in [-0.2, 0) is 6.54 Å². The van der Waals surface area contributed by atoms with E-state index >= 15 is 0 Å². The summed E-state index contributed by atoms with van der Waals surface area (Å²) in [6, 6.07) is 12.4. The number of fused-ring (bicyclic) bond motifs is 4. The predicted molar refractivity (Wildman–Crippen MR) is 77.5 cm³/mol. The minimum absolute atomic E-state index is 0.00550. The van der Waals surface area contributed by atoms with Crippen molar-refractivity contribution in [3.8, 4) is 11.4 Å². The Morgan fingerprint density at radius 3 is 2.81 bits per heavy atom. The van der Waals surface area contributed by atoms with Crippen LogP contribution in [0, 0.1) is 0 Å². The highest BCUT2D eigenvalue weighted by molar-refractivity contribution is 5.90. The summed E-state index contributed by atoms with van der Waals surface area (Å²) >= 11 is 0. The van der Waals surface area contributed by atoms with Crippen LogP contribution in [-0.4, -0.2) is 20.6 Å². The zero-order chi connectivity index (χ0) is 14.6. The Morgan fingerprint density at radius 1 is 1.19 bits per heavy atom. The maximum Gasteiger partial charge on any atom is 0.335 e. The Balaban J connectivity index is 2.04. The number of hydrogen-bond donors (Lipinski definition) is 1. The summed E-state index contributed by atoms with van der Waals surface area (Å²) in [7, 11) is 0. The summed E-state index contributed by atoms with van der Waals surface area (Å²) in [5, 5.41) is 10.1. The van der Waals surface area contributed by atoms with Crippen molar-refractivity contribution in [3.05, 3.63) is 63.9 Å². The van der Waals surface area contributed by atoms with Crippen molar-refractivity contribution in [3.63, 3.8) is 0 Å². The van der Waals surface area contributed by atoms with Gasteiger partial charge in [0.05, 0.1) is 29.0 Å². The quantitative estimate of drug-likeness (QED) is 0.579. The van der Waals surface area contributed by atoms with E-state index < -0.39 is 5.97 Å². The fraction of sp³-hybridized carbons (Fsp3) is 0.0625. The van der Waals surface area contributed by atoms with Gasteiger partial charge in [0.15, 0.2) is 0 Å². The second kappa shape index (κ2) is 4.02. The Bertz CT molecular complexity index is 973. The van der Waals surface area contributed by atoms with E-state index in [4.69, 9.17) is 5.11 Å². The van der Waals surface area contributed by atoms with Gasteiger partial charge in [0.25, 0.3) is 5.56 Å². The van der Waals surface area contributed by atoms with Gasteiger partial charge in [-0.05, 0) is 18.2 Å². The Labute approximate surface area is 119 Å². The average molecular weight is 278 g/mol. The van der Waals surface area contributed by atoms with Crippen molar-refractivity contribution in [2.24, 2.45) is 0 Å². The average Bonchev–Trinajstić information content (AvgIpc) is 2.83. The molecule has 3 heterocycles. The van der Waals surface area contributed by atoms with E-state index in [-0.39, 0.29) is 11.1 Å². The highest BCUT2D eigenvalue weighted by atomic mass is 16.4. The van der Waals surface area contributed by atoms with Crippen LogP contribution in [0.2, 0.25) is 0 Å². The van der Waals surface area contributed by atoms with Crippen LogP contribution in [0.3, 0.4) is 0 Å². The summed E-state index contributed by atoms with van der Waals surface area (Å²) in [5.41, 5.74) is 2.71. The maximum atomic E-state index is 12.1. The molecule has 21 heavy (non-hydrogen) atoms. The third-order valence-corrected chi connectivity index (χ3v) is 3.75. The van der Waals surface area contributed by atoms with Gasteiger partial charge in [0, 0.05) is 17.0 Å². The number of para-hydroxylation sites is 1. The first-order chi connectivity index (χ1) is 10.1. The highest BCUT2D eigenvalue weighted by Crippen LogP contribution is 2.31. The van der Waals surface area contributed by atoms with E-state index in [0.29, 0.717) is 17.9 Å². The molecule has 0 aliphatic carbocycles. The lowest BCUT2D eigenvalue weighted by atomic mass is 10.1. The van der Waals surface area contributed by atoms with Gasteiger partial charge in [-0.15, -0.1) is 0 Å². The van der Waals surface area contributed by atoms with Crippen LogP contribution in [0.1, 0.15) is 15.9 Å². The van der Waals surface area contributed by atoms with E-state index in [1.165, 1.54) is 6.07 Å². The van der Waals surface area contributed by atoms with Crippen molar-refractivity contribution in [1.82, 2.24) is 9.55 Å². The maximum absolute atomic E-state index is 12.1. The third kappa shape index (κ3) is 1.67. The zero-order valence-corrected chi connectivity index (χ0v) is 10.9. The molecule has 0 unspecified atom stereocenters. The molecule has 0 amide bonds. The Kier molecular flexibility index (Phi) is 2.27. The SMILES string of the molecule is O=C(O)c1cc2n(c(=O)c1)Cc1cc3ccccc3nc1-2. The number of aromatic nitrogens is 2. The van der Waals surface area contributed by atoms with Crippen molar-refractivity contribution in [2.45, 2.75) is 6.54 Å². The first kappa shape index (κ1) is 11.8. The number of benzene rings is 1. The number of carboxylic acid groups (broad SMARTS) is 1. The normalized spacial score (nSPS) is 12.2. The molecule has 1 N–H and O–H groups in total. The number of aromatic carboxylic acids is 1. The largest absolute Gasteiger partial charge is 0.478 e. The molecule has 0 saturated carbocycles. The molecule has 4 rings (SSSR count). The van der Waals surface area contributed by atoms with Gasteiger partial charge >= 0.3 is 5.97 Å². The topological polar surface area (TPSA) is 72.2 Å². The lowest BCUT2D eigenvalue weighted by molar-refractivity contribution is 0.0696. The molecular formula is C16H10N2O3. The third-order valence-electron chi connectivity index (χ3n) is 3.75. The summed E-state index contributed by atoms with van der Waals surface area (Å²) < 4.78 is 1.56. The lowest BCUT2D eigenvalue weighted by Gasteiger charge is -2.04. The number of carbonyl (C=O) groups is 1. The van der Waals surface area contributed by atoms with E-state index in [9.17, 15) is 9.59 Å². The first-order valence-corrected chi connectivity index (χ1v) is 6.51. The zero-order valence-electron chi connectivity index (χ0n) is 10.9. The molecule has 3 aromatic rings. The molecule has 5 heteroatoms. The number of nitrogens with zero attached hydrogens (tertiary/aromatic N) is 2. The van der Waals surface area contributed by atoms with Gasteiger partial charge in [-0.3, -0.25) is 4.79 Å². The molecule has 1 aromatic carbocycles. The van der Waals surface area contributed by atoms with Crippen molar-refractivity contribution < 1.29 is 9.90 Å². The minimum atomic E-state index is -1.11. The van der Waals surface area contributed by atoms with Gasteiger partial charge in [0.2, 0.25) is 0 Å². The second-order valence-corrected chi connectivity index (χ2v) is 5.05. The van der Waals surface area contributed by atoms with E-state index in [2.05, 4.69) is 4.98 Å². The molecule has 102 valence electrons. The Morgan fingerprint density at radius 2 is 2.00 bits per heavy atom. The highest BCUT2D eigenvalue weighted by Gasteiger charge is 2.23. The molecule has 0 spiro atoms. The van der Waals surface area contributed by atoms with E-state index in [0.717, 1.165) is 22.5 Å². The second-order valence-electron chi connectivity index (χ2n) is 5.05. The van der Waals surface area contributed by atoms with Gasteiger partial charge in [-0.1, -0.05) is 18.2 Å². The van der Waals surface area contributed by atoms with Gasteiger partial charge in [-0.25, -0.2) is 9.78 Å². The van der Waals surface area contributed by atoms with Gasteiger partial charge in [-0.2, -0.15) is 0 Å². The summed E-state index contributed by atoms with van der Waals surface area (Å²) in [6.45, 7) is 0.432. The standard InChI is InChI=1S/C16H10N2O3/c19-14-7-10(16(20)21)6-13-15-11(8-18(13)14)5-9-3-1-2-4-12(9)17-15/h1-7H,8H2,(H,20,21). The number of hydrogen-bond acceptors (Lipinski definition) is 3. The van der Waals surface area contributed by atoms with Crippen LogP contribution in [0.25, 0.3) is 22.3 Å². The van der Waals surface area contributed by atoms with Crippen LogP contribution >= 0.6 is 0 Å². The summed E-state index contributed by atoms with van der Waals surface area (Å²) in [6.07, 6.45) is 0. The molecule has 0 radical (unpaired) electrons. The fourth-order valence-electron chi connectivity index (χ4n) is 2.75. The Hall–Kier alpha value is -2.95. The van der Waals surface area contributed by atoms with Crippen molar-refractivity contribution in [2.75, 3.05) is 0 Å². The molecule has 1 aliphatic rings. The summed E-state index contributed by atoms with van der Waals surface area (Å²) in [4.78, 5) is 27.8. The van der Waals surface area contributed by atoms with E-state index in [1.54, 1.807) is 4.57 Å². The molecule has 2 aromatic heterocycles. The monoisotopic (exact) mass is 278 g/mol. The molecule has 0 saturated heterocycles. The van der Waals surface area contributed by atoms with E-state index in [1.807, 2.05) is 30.3 Å². The first-order valence-electron chi connectivity index (χ1n) is 6.51. The van der Waals surface area contributed by atoms with Crippen LogP contribution in [0.5, 0.6) is 0 Å². The van der Waals surface area contributed by atoms with Crippen molar-refractivity contribution >= 4 is 16.9 Å².